The molecule has 2 aliphatic heterocycles. The molecule has 1 aromatic carbocycles. The molecule has 28 heavy (non-hydrogen) atoms. The summed E-state index contributed by atoms with van der Waals surface area (Å²) < 4.78 is 53.8. The maximum atomic E-state index is 14.2. The Morgan fingerprint density at radius 2 is 2.00 bits per heavy atom. The summed E-state index contributed by atoms with van der Waals surface area (Å²) in [6, 6.07) is 1.05. The van der Waals surface area contributed by atoms with E-state index in [2.05, 4.69) is 10.00 Å². The molecule has 7 nitrogen and oxygen atoms in total. The number of hydrogen-bond donors (Lipinski definition) is 1. The molecule has 1 amide bonds. The molecule has 1 aromatic heterocycles. The topological polar surface area (TPSA) is 82.6 Å². The van der Waals surface area contributed by atoms with Gasteiger partial charge < -0.3 is 15.2 Å². The highest BCUT2D eigenvalue weighted by Crippen LogP contribution is 2.36. The zero-order chi connectivity index (χ0) is 20.0. The number of benzene rings is 1. The van der Waals surface area contributed by atoms with Crippen LogP contribution in [0.4, 0.5) is 18.0 Å². The van der Waals surface area contributed by atoms with Gasteiger partial charge >= 0.3 is 6.09 Å². The summed E-state index contributed by atoms with van der Waals surface area (Å²) in [6.45, 7) is 1.52. The van der Waals surface area contributed by atoms with Crippen molar-refractivity contribution >= 4 is 6.09 Å². The monoisotopic (exact) mass is 396 g/mol. The molecule has 1 fully saturated rings. The van der Waals surface area contributed by atoms with Gasteiger partial charge in [0.1, 0.15) is 18.0 Å². The molecule has 0 aliphatic carbocycles. The zero-order valence-electron chi connectivity index (χ0n) is 15.1. The number of rotatable bonds is 3. The first-order valence-electron chi connectivity index (χ1n) is 8.79. The lowest BCUT2D eigenvalue weighted by Gasteiger charge is -2.39. The van der Waals surface area contributed by atoms with E-state index in [9.17, 15) is 18.0 Å². The third kappa shape index (κ3) is 3.33. The quantitative estimate of drug-likeness (QED) is 0.804. The lowest BCUT2D eigenvalue weighted by Crippen LogP contribution is -2.46. The molecule has 0 spiro atoms. The minimum absolute atomic E-state index is 0.124. The molecule has 2 aliphatic rings. The predicted octanol–water partition coefficient (Wildman–Crippen LogP) is 2.15. The van der Waals surface area contributed by atoms with E-state index < -0.39 is 35.8 Å². The average Bonchev–Trinajstić information content (AvgIpc) is 3.20. The van der Waals surface area contributed by atoms with Gasteiger partial charge in [0.2, 0.25) is 0 Å². The van der Waals surface area contributed by atoms with E-state index in [1.54, 1.807) is 10.9 Å². The van der Waals surface area contributed by atoms with Crippen LogP contribution in [0.1, 0.15) is 29.3 Å². The molecule has 1 saturated heterocycles. The van der Waals surface area contributed by atoms with E-state index >= 15 is 0 Å². The van der Waals surface area contributed by atoms with Gasteiger partial charge in [-0.05, 0) is 6.07 Å². The second kappa shape index (κ2) is 7.10. The molecule has 4 rings (SSSR count). The second-order valence-electron chi connectivity index (χ2n) is 7.05. The summed E-state index contributed by atoms with van der Waals surface area (Å²) in [7, 11) is 1.86. The van der Waals surface area contributed by atoms with Gasteiger partial charge in [-0.1, -0.05) is 0 Å². The number of halogens is 3. The van der Waals surface area contributed by atoms with Crippen molar-refractivity contribution in [1.82, 2.24) is 14.7 Å². The Morgan fingerprint density at radius 3 is 2.71 bits per heavy atom. The van der Waals surface area contributed by atoms with Crippen molar-refractivity contribution in [3.05, 3.63) is 52.6 Å². The molecule has 2 N–H and O–H groups in total. The first kappa shape index (κ1) is 18.8. The molecule has 10 heteroatoms. The Hall–Kier alpha value is -2.59. The Labute approximate surface area is 158 Å². The zero-order valence-corrected chi connectivity index (χ0v) is 15.1. The standard InChI is InChI=1S/C18H19F3N4O3/c1-24-15-7-25(6-9(15)5-23-24)10-2-16(28-18(22)26)17(27-8-10)11-3-13(20)14(21)4-12(11)19/h3-5,10,16-17H,2,6-8H2,1H3,(H2,22,26)/t10-,16-,17+/m0/s1. The molecular formula is C18H19F3N4O3. The molecule has 0 unspecified atom stereocenters. The Kier molecular flexibility index (Phi) is 4.76. The van der Waals surface area contributed by atoms with Crippen LogP contribution in [-0.2, 0) is 29.6 Å². The van der Waals surface area contributed by atoms with Gasteiger partial charge in [-0.2, -0.15) is 5.10 Å². The number of nitrogens with zero attached hydrogens (tertiary/aromatic N) is 3. The maximum Gasteiger partial charge on any atom is 0.404 e. The molecule has 0 saturated carbocycles. The highest BCUT2D eigenvalue weighted by molar-refractivity contribution is 5.65. The number of carbonyl (C=O) groups is 1. The summed E-state index contributed by atoms with van der Waals surface area (Å²) in [5, 5.41) is 4.21. The fourth-order valence-electron chi connectivity index (χ4n) is 3.91. The van der Waals surface area contributed by atoms with Crippen LogP contribution in [0.2, 0.25) is 0 Å². The van der Waals surface area contributed by atoms with Crippen LogP contribution >= 0.6 is 0 Å². The molecule has 0 radical (unpaired) electrons. The van der Waals surface area contributed by atoms with Gasteiger partial charge in [-0.3, -0.25) is 9.58 Å². The van der Waals surface area contributed by atoms with Crippen molar-refractivity contribution in [1.29, 1.82) is 0 Å². The number of nitrogens with two attached hydrogens (primary N) is 1. The first-order chi connectivity index (χ1) is 13.3. The predicted molar refractivity (Wildman–Crippen MR) is 90.3 cm³/mol. The van der Waals surface area contributed by atoms with Crippen molar-refractivity contribution in [2.75, 3.05) is 6.61 Å². The van der Waals surface area contributed by atoms with Crippen molar-refractivity contribution in [2.45, 2.75) is 37.8 Å². The van der Waals surface area contributed by atoms with Crippen molar-refractivity contribution in [3.63, 3.8) is 0 Å². The van der Waals surface area contributed by atoms with Crippen LogP contribution in [0.5, 0.6) is 0 Å². The van der Waals surface area contributed by atoms with Gasteiger partial charge in [-0.15, -0.1) is 0 Å². The average molecular weight is 396 g/mol. The molecule has 3 heterocycles. The molecule has 3 atom stereocenters. The molecule has 2 aromatic rings. The lowest BCUT2D eigenvalue weighted by molar-refractivity contribution is -0.114. The normalized spacial score (nSPS) is 24.9. The van der Waals surface area contributed by atoms with E-state index in [-0.39, 0.29) is 18.2 Å². The summed E-state index contributed by atoms with van der Waals surface area (Å²) in [4.78, 5) is 13.5. The third-order valence-electron chi connectivity index (χ3n) is 5.31. The van der Waals surface area contributed by atoms with Crippen LogP contribution in [0, 0.1) is 17.5 Å². The van der Waals surface area contributed by atoms with Crippen molar-refractivity contribution in [3.8, 4) is 0 Å². The summed E-state index contributed by atoms with van der Waals surface area (Å²) in [5.74, 6) is -3.48. The van der Waals surface area contributed by atoms with E-state index in [4.69, 9.17) is 15.2 Å². The number of aryl methyl sites for hydroxylation is 1. The fraction of sp³-hybridized carbons (Fsp3) is 0.444. The van der Waals surface area contributed by atoms with E-state index in [1.165, 1.54) is 0 Å². The SMILES string of the molecule is Cn1ncc2c1CN([C@@H]1CO[C@H](c3cc(F)c(F)cc3F)[C@@H](OC(N)=O)C1)C2. The number of amides is 1. The fourth-order valence-corrected chi connectivity index (χ4v) is 3.91. The second-order valence-corrected chi connectivity index (χ2v) is 7.05. The largest absolute Gasteiger partial charge is 0.443 e. The lowest BCUT2D eigenvalue weighted by atomic mass is 9.94. The van der Waals surface area contributed by atoms with Crippen LogP contribution in [0.15, 0.2) is 18.3 Å². The number of aromatic nitrogens is 2. The maximum absolute atomic E-state index is 14.2. The first-order valence-corrected chi connectivity index (χ1v) is 8.79. The number of fused-ring (bicyclic) bond motifs is 1. The van der Waals surface area contributed by atoms with Gasteiger partial charge in [-0.25, -0.2) is 18.0 Å². The number of ether oxygens (including phenoxy) is 2. The highest BCUT2D eigenvalue weighted by Gasteiger charge is 2.40. The van der Waals surface area contributed by atoms with Crippen molar-refractivity contribution < 1.29 is 27.4 Å². The van der Waals surface area contributed by atoms with Gasteiger partial charge in [0.15, 0.2) is 11.6 Å². The number of carbonyl (C=O) groups excluding carboxylic acids is 1. The molecule has 0 bridgehead atoms. The minimum Gasteiger partial charge on any atom is -0.443 e. The van der Waals surface area contributed by atoms with Crippen LogP contribution in [0.3, 0.4) is 0 Å². The summed E-state index contributed by atoms with van der Waals surface area (Å²) in [5.41, 5.74) is 7.13. The Morgan fingerprint density at radius 1 is 1.25 bits per heavy atom. The van der Waals surface area contributed by atoms with Crippen LogP contribution in [0.25, 0.3) is 0 Å². The number of primary amides is 1. The highest BCUT2D eigenvalue weighted by atomic mass is 19.2. The van der Waals surface area contributed by atoms with Crippen LogP contribution in [-0.4, -0.2) is 39.5 Å². The summed E-state index contributed by atoms with van der Waals surface area (Å²) >= 11 is 0. The Balaban J connectivity index is 1.55. The molecule has 150 valence electrons. The van der Waals surface area contributed by atoms with Gasteiger partial charge in [0, 0.05) is 49.8 Å². The van der Waals surface area contributed by atoms with E-state index in [0.29, 0.717) is 25.6 Å². The summed E-state index contributed by atoms with van der Waals surface area (Å²) in [6.07, 6.45) is -0.942. The van der Waals surface area contributed by atoms with Crippen LogP contribution < -0.4 is 5.73 Å². The van der Waals surface area contributed by atoms with E-state index in [0.717, 1.165) is 17.3 Å². The van der Waals surface area contributed by atoms with Gasteiger partial charge in [0.25, 0.3) is 0 Å². The third-order valence-corrected chi connectivity index (χ3v) is 5.31. The van der Waals surface area contributed by atoms with Gasteiger partial charge in [0.05, 0.1) is 18.5 Å². The Bertz CT molecular complexity index is 920. The molecular weight excluding hydrogens is 377 g/mol. The smallest absolute Gasteiger partial charge is 0.404 e. The van der Waals surface area contributed by atoms with E-state index in [1.807, 2.05) is 7.05 Å². The number of hydrogen-bond acceptors (Lipinski definition) is 5. The minimum atomic E-state index is -1.30. The van der Waals surface area contributed by atoms with Crippen molar-refractivity contribution in [2.24, 2.45) is 12.8 Å².